The summed E-state index contributed by atoms with van der Waals surface area (Å²) in [5.74, 6) is -2.43. The third kappa shape index (κ3) is 12.5. The van der Waals surface area contributed by atoms with E-state index in [2.05, 4.69) is 0 Å². The Labute approximate surface area is 240 Å². The molecule has 38 heavy (non-hydrogen) atoms. The van der Waals surface area contributed by atoms with Crippen LogP contribution in [0, 0.1) is 17.3 Å². The summed E-state index contributed by atoms with van der Waals surface area (Å²) in [6.45, 7) is 11.4. The Balaban J connectivity index is 3.01. The maximum absolute atomic E-state index is 13.6. The van der Waals surface area contributed by atoms with Crippen LogP contribution in [0.5, 0.6) is 0 Å². The van der Waals surface area contributed by atoms with Crippen molar-refractivity contribution in [3.8, 4) is 0 Å². The lowest BCUT2D eigenvalue weighted by Crippen LogP contribution is -2.47. The second-order valence-corrected chi connectivity index (χ2v) is 13.4. The summed E-state index contributed by atoms with van der Waals surface area (Å²) in [5, 5.41) is 10.8. The van der Waals surface area contributed by atoms with Crippen LogP contribution in [0.2, 0.25) is 0 Å². The number of ketones is 1. The molecule has 0 aliphatic heterocycles. The van der Waals surface area contributed by atoms with Gasteiger partial charge in [0.2, 0.25) is 3.79 Å². The molecule has 1 rings (SSSR count). The van der Waals surface area contributed by atoms with Crippen LogP contribution in [0.4, 0.5) is 4.79 Å². The number of aliphatic hydroxyl groups excluding tert-OH is 1. The predicted molar refractivity (Wildman–Crippen MR) is 146 cm³/mol. The number of rotatable bonds is 13. The Hall–Kier alpha value is -1.58. The van der Waals surface area contributed by atoms with Gasteiger partial charge in [-0.15, -0.1) is 0 Å². The van der Waals surface area contributed by atoms with E-state index in [0.29, 0.717) is 6.61 Å². The third-order valence-electron chi connectivity index (χ3n) is 5.79. The third-order valence-corrected chi connectivity index (χ3v) is 6.12. The zero-order valence-electron chi connectivity index (χ0n) is 23.0. The molecule has 0 heterocycles. The molecule has 4 atom stereocenters. The van der Waals surface area contributed by atoms with Crippen LogP contribution in [0.15, 0.2) is 30.3 Å². The summed E-state index contributed by atoms with van der Waals surface area (Å²) in [7, 11) is 0. The maximum Gasteiger partial charge on any atom is 0.508 e. The molecule has 0 amide bonds. The van der Waals surface area contributed by atoms with Crippen molar-refractivity contribution in [1.29, 1.82) is 0 Å². The number of Topliss-reactive ketones (excluding diaryl/α,β-unsaturated/α-hetero) is 1. The van der Waals surface area contributed by atoms with Gasteiger partial charge in [0.25, 0.3) is 0 Å². The Morgan fingerprint density at radius 3 is 2.08 bits per heavy atom. The van der Waals surface area contributed by atoms with Crippen molar-refractivity contribution >= 4 is 52.7 Å². The molecule has 0 radical (unpaired) electrons. The lowest BCUT2D eigenvalue weighted by molar-refractivity contribution is -0.160. The molecule has 0 bridgehead atoms. The Morgan fingerprint density at radius 1 is 0.974 bits per heavy atom. The van der Waals surface area contributed by atoms with Crippen LogP contribution in [-0.4, -0.2) is 57.8 Å². The number of hydrogen-bond donors (Lipinski definition) is 1. The van der Waals surface area contributed by atoms with Gasteiger partial charge in [0.1, 0.15) is 24.1 Å². The SMILES string of the molecule is C[C@@H](COCc1ccccc1)[C@H](OC(=O)OCC(Cl)(Cl)Cl)[C@@H](C)C(=O)C(C)(C)C(O)CC(=O)OC(C)(C)C. The van der Waals surface area contributed by atoms with Crippen LogP contribution < -0.4 is 0 Å². The normalized spacial score (nSPS) is 15.7. The maximum atomic E-state index is 13.6. The number of halogens is 3. The zero-order valence-corrected chi connectivity index (χ0v) is 25.2. The van der Waals surface area contributed by atoms with Crippen molar-refractivity contribution in [2.24, 2.45) is 17.3 Å². The van der Waals surface area contributed by atoms with E-state index < -0.39 is 63.4 Å². The lowest BCUT2D eigenvalue weighted by Gasteiger charge is -2.35. The smallest absolute Gasteiger partial charge is 0.460 e. The summed E-state index contributed by atoms with van der Waals surface area (Å²) in [4.78, 5) is 38.2. The van der Waals surface area contributed by atoms with Gasteiger partial charge in [0, 0.05) is 5.92 Å². The van der Waals surface area contributed by atoms with E-state index in [-0.39, 0.29) is 13.0 Å². The fraction of sp³-hybridized carbons (Fsp3) is 0.667. The van der Waals surface area contributed by atoms with Gasteiger partial charge in [-0.05, 0) is 26.3 Å². The van der Waals surface area contributed by atoms with Crippen molar-refractivity contribution in [3.05, 3.63) is 35.9 Å². The number of esters is 1. The molecule has 1 aromatic rings. The topological polar surface area (TPSA) is 108 Å². The fourth-order valence-electron chi connectivity index (χ4n) is 3.73. The van der Waals surface area contributed by atoms with Crippen molar-refractivity contribution in [1.82, 2.24) is 0 Å². The number of benzene rings is 1. The number of hydrogen-bond acceptors (Lipinski definition) is 8. The van der Waals surface area contributed by atoms with Crippen molar-refractivity contribution in [2.45, 2.75) is 83.1 Å². The molecule has 1 N–H and O–H groups in total. The number of carbonyl (C=O) groups excluding carboxylic acids is 3. The van der Waals surface area contributed by atoms with Crippen LogP contribution >= 0.6 is 34.8 Å². The molecule has 0 aliphatic carbocycles. The average Bonchev–Trinajstić information content (AvgIpc) is 2.79. The summed E-state index contributed by atoms with van der Waals surface area (Å²) >= 11 is 17.0. The van der Waals surface area contributed by atoms with Gasteiger partial charge in [-0.2, -0.15) is 0 Å². The summed E-state index contributed by atoms with van der Waals surface area (Å²) in [6.07, 6.45) is -3.85. The minimum atomic E-state index is -1.84. The standard InChI is InChI=1S/C27H39Cl3O8/c1-17(14-35-15-19-11-9-8-10-12-19)22(37-24(34)36-16-27(28,29)30)18(2)23(33)26(6,7)20(31)13-21(32)38-25(3,4)5/h8-12,17-18,20,22,31H,13-16H2,1-7H3/t17-,18+,20?,22-/m0/s1. The minimum Gasteiger partial charge on any atom is -0.460 e. The van der Waals surface area contributed by atoms with E-state index in [0.717, 1.165) is 5.56 Å². The highest BCUT2D eigenvalue weighted by Crippen LogP contribution is 2.33. The quantitative estimate of drug-likeness (QED) is 0.216. The Bertz CT molecular complexity index is 909. The van der Waals surface area contributed by atoms with Gasteiger partial charge in [-0.1, -0.05) is 92.8 Å². The van der Waals surface area contributed by atoms with Crippen molar-refractivity contribution in [2.75, 3.05) is 13.2 Å². The first-order valence-corrected chi connectivity index (χ1v) is 13.4. The summed E-state index contributed by atoms with van der Waals surface area (Å²) in [6, 6.07) is 9.49. The minimum absolute atomic E-state index is 0.149. The van der Waals surface area contributed by atoms with Crippen molar-refractivity contribution in [3.63, 3.8) is 0 Å². The second kappa shape index (κ2) is 14.7. The first-order valence-electron chi connectivity index (χ1n) is 12.3. The van der Waals surface area contributed by atoms with E-state index in [1.54, 1.807) is 34.6 Å². The highest BCUT2D eigenvalue weighted by atomic mass is 35.6. The highest BCUT2D eigenvalue weighted by molar-refractivity contribution is 6.67. The monoisotopic (exact) mass is 596 g/mol. The van der Waals surface area contributed by atoms with Gasteiger partial charge < -0.3 is 24.1 Å². The van der Waals surface area contributed by atoms with Crippen molar-refractivity contribution < 1.29 is 38.4 Å². The number of alkyl halides is 3. The molecule has 11 heteroatoms. The molecule has 0 aliphatic rings. The molecule has 1 aromatic carbocycles. The highest BCUT2D eigenvalue weighted by Gasteiger charge is 2.44. The molecule has 216 valence electrons. The molecule has 0 spiro atoms. The molecule has 0 saturated carbocycles. The fourth-order valence-corrected chi connectivity index (χ4v) is 3.89. The largest absolute Gasteiger partial charge is 0.508 e. The zero-order chi connectivity index (χ0) is 29.3. The number of carbonyl (C=O) groups is 3. The first-order chi connectivity index (χ1) is 17.3. The molecule has 0 aromatic heterocycles. The van der Waals surface area contributed by atoms with E-state index in [9.17, 15) is 19.5 Å². The predicted octanol–water partition coefficient (Wildman–Crippen LogP) is 6.06. The molecule has 8 nitrogen and oxygen atoms in total. The van der Waals surface area contributed by atoms with Crippen LogP contribution in [0.3, 0.4) is 0 Å². The van der Waals surface area contributed by atoms with Crippen LogP contribution in [0.25, 0.3) is 0 Å². The molecule has 0 saturated heterocycles. The van der Waals surface area contributed by atoms with Crippen LogP contribution in [0.1, 0.15) is 60.5 Å². The van der Waals surface area contributed by atoms with Gasteiger partial charge in [-0.3, -0.25) is 9.59 Å². The van der Waals surface area contributed by atoms with E-state index >= 15 is 0 Å². The van der Waals surface area contributed by atoms with Gasteiger partial charge in [-0.25, -0.2) is 4.79 Å². The molecular weight excluding hydrogens is 559 g/mol. The molecule has 1 unspecified atom stereocenters. The summed E-state index contributed by atoms with van der Waals surface area (Å²) < 4.78 is 19.6. The Morgan fingerprint density at radius 2 is 1.55 bits per heavy atom. The van der Waals surface area contributed by atoms with E-state index in [4.69, 9.17) is 53.8 Å². The molecule has 0 fully saturated rings. The average molecular weight is 598 g/mol. The van der Waals surface area contributed by atoms with E-state index in [1.165, 1.54) is 13.8 Å². The Kier molecular flexibility index (Phi) is 13.3. The molecular formula is C27H39Cl3O8. The number of ether oxygens (including phenoxy) is 4. The first kappa shape index (κ1) is 34.4. The van der Waals surface area contributed by atoms with E-state index in [1.807, 2.05) is 30.3 Å². The van der Waals surface area contributed by atoms with Gasteiger partial charge in [0.15, 0.2) is 0 Å². The second-order valence-electron chi connectivity index (χ2n) is 10.9. The number of aliphatic hydroxyl groups is 1. The lowest BCUT2D eigenvalue weighted by atomic mass is 9.73. The van der Waals surface area contributed by atoms with Crippen LogP contribution in [-0.2, 0) is 35.1 Å². The van der Waals surface area contributed by atoms with Gasteiger partial charge in [0.05, 0.1) is 37.1 Å². The van der Waals surface area contributed by atoms with Gasteiger partial charge >= 0.3 is 12.1 Å². The summed E-state index contributed by atoms with van der Waals surface area (Å²) in [5.41, 5.74) is -1.15.